The maximum Gasteiger partial charge on any atom is 0.240 e. The van der Waals surface area contributed by atoms with Crippen molar-refractivity contribution in [2.45, 2.75) is 23.8 Å². The summed E-state index contributed by atoms with van der Waals surface area (Å²) in [6, 6.07) is 6.71. The standard InChI is InChI=1S/C11H12BrNO2S/c12-9-4-3-7-11(8-9)16(14,15)13-10-5-1-2-6-10/h1-4,7-8,10,13H,5-6H2. The van der Waals surface area contributed by atoms with E-state index in [2.05, 4.69) is 20.7 Å². The molecule has 0 saturated heterocycles. The van der Waals surface area contributed by atoms with Crippen molar-refractivity contribution in [2.75, 3.05) is 0 Å². The van der Waals surface area contributed by atoms with Crippen molar-refractivity contribution in [2.24, 2.45) is 0 Å². The van der Waals surface area contributed by atoms with E-state index in [1.807, 2.05) is 12.2 Å². The summed E-state index contributed by atoms with van der Waals surface area (Å²) in [4.78, 5) is 0.300. The molecule has 2 rings (SSSR count). The number of hydrogen-bond acceptors (Lipinski definition) is 2. The van der Waals surface area contributed by atoms with Crippen molar-refractivity contribution < 1.29 is 8.42 Å². The van der Waals surface area contributed by atoms with Gasteiger partial charge in [0.2, 0.25) is 10.0 Å². The van der Waals surface area contributed by atoms with Gasteiger partial charge in [0.1, 0.15) is 0 Å². The van der Waals surface area contributed by atoms with Crippen LogP contribution in [0.3, 0.4) is 0 Å². The zero-order valence-electron chi connectivity index (χ0n) is 8.56. The molecule has 0 spiro atoms. The smallest absolute Gasteiger partial charge is 0.207 e. The number of rotatable bonds is 3. The van der Waals surface area contributed by atoms with Crippen LogP contribution in [0.2, 0.25) is 0 Å². The monoisotopic (exact) mass is 301 g/mol. The Morgan fingerprint density at radius 2 is 1.94 bits per heavy atom. The summed E-state index contributed by atoms with van der Waals surface area (Å²) in [7, 11) is -3.39. The third-order valence-corrected chi connectivity index (χ3v) is 4.45. The second kappa shape index (κ2) is 4.69. The first-order chi connectivity index (χ1) is 7.58. The third kappa shape index (κ3) is 2.72. The van der Waals surface area contributed by atoms with Gasteiger partial charge in [-0.3, -0.25) is 0 Å². The van der Waals surface area contributed by atoms with E-state index in [-0.39, 0.29) is 6.04 Å². The predicted octanol–water partition coefficient (Wildman–Crippen LogP) is 2.45. The molecule has 1 aliphatic carbocycles. The quantitative estimate of drug-likeness (QED) is 0.872. The largest absolute Gasteiger partial charge is 0.240 e. The normalized spacial score (nSPS) is 16.8. The highest BCUT2D eigenvalue weighted by Crippen LogP contribution is 2.18. The van der Waals surface area contributed by atoms with Crippen LogP contribution in [0.5, 0.6) is 0 Å². The molecular weight excluding hydrogens is 290 g/mol. The molecule has 0 bridgehead atoms. The van der Waals surface area contributed by atoms with E-state index in [1.54, 1.807) is 24.3 Å². The summed E-state index contributed by atoms with van der Waals surface area (Å²) in [5.74, 6) is 0. The average Bonchev–Trinajstić information content (AvgIpc) is 2.70. The van der Waals surface area contributed by atoms with Gasteiger partial charge in [-0.15, -0.1) is 0 Å². The van der Waals surface area contributed by atoms with E-state index in [0.717, 1.165) is 17.3 Å². The van der Waals surface area contributed by atoms with Crippen molar-refractivity contribution in [3.8, 4) is 0 Å². The van der Waals surface area contributed by atoms with Crippen molar-refractivity contribution in [3.63, 3.8) is 0 Å². The van der Waals surface area contributed by atoms with Crippen LogP contribution in [-0.4, -0.2) is 14.5 Å². The number of sulfonamides is 1. The Morgan fingerprint density at radius 1 is 1.25 bits per heavy atom. The molecular formula is C11H12BrNO2S. The molecule has 0 saturated carbocycles. The van der Waals surface area contributed by atoms with Gasteiger partial charge in [-0.25, -0.2) is 13.1 Å². The Labute approximate surface area is 104 Å². The summed E-state index contributed by atoms with van der Waals surface area (Å²) in [6.07, 6.45) is 5.53. The topological polar surface area (TPSA) is 46.2 Å². The molecule has 0 heterocycles. The van der Waals surface area contributed by atoms with Crippen LogP contribution in [0, 0.1) is 0 Å². The van der Waals surface area contributed by atoms with Gasteiger partial charge in [-0.05, 0) is 31.0 Å². The van der Waals surface area contributed by atoms with Crippen LogP contribution in [0.4, 0.5) is 0 Å². The Balaban J connectivity index is 2.18. The third-order valence-electron chi connectivity index (χ3n) is 2.44. The lowest BCUT2D eigenvalue weighted by Gasteiger charge is -2.12. The van der Waals surface area contributed by atoms with Crippen LogP contribution in [0.1, 0.15) is 12.8 Å². The lowest BCUT2D eigenvalue weighted by Crippen LogP contribution is -2.32. The molecule has 0 amide bonds. The fraction of sp³-hybridized carbons (Fsp3) is 0.273. The molecule has 0 aliphatic heterocycles. The lowest BCUT2D eigenvalue weighted by atomic mass is 10.3. The highest BCUT2D eigenvalue weighted by Gasteiger charge is 2.20. The second-order valence-corrected chi connectivity index (χ2v) is 6.35. The highest BCUT2D eigenvalue weighted by molar-refractivity contribution is 9.10. The zero-order chi connectivity index (χ0) is 11.6. The van der Waals surface area contributed by atoms with Crippen LogP contribution in [-0.2, 0) is 10.0 Å². The minimum atomic E-state index is -3.39. The lowest BCUT2D eigenvalue weighted by molar-refractivity contribution is 0.557. The van der Waals surface area contributed by atoms with E-state index >= 15 is 0 Å². The fourth-order valence-corrected chi connectivity index (χ4v) is 3.49. The fourth-order valence-electron chi connectivity index (χ4n) is 1.64. The first kappa shape index (κ1) is 11.8. The van der Waals surface area contributed by atoms with E-state index in [9.17, 15) is 8.42 Å². The number of benzene rings is 1. The predicted molar refractivity (Wildman–Crippen MR) is 66.6 cm³/mol. The Kier molecular flexibility index (Phi) is 3.47. The number of hydrogen-bond donors (Lipinski definition) is 1. The van der Waals surface area contributed by atoms with E-state index in [0.29, 0.717) is 4.90 Å². The minimum Gasteiger partial charge on any atom is -0.207 e. The van der Waals surface area contributed by atoms with E-state index < -0.39 is 10.0 Å². The molecule has 86 valence electrons. The molecule has 1 aromatic rings. The molecule has 0 atom stereocenters. The van der Waals surface area contributed by atoms with Crippen molar-refractivity contribution in [3.05, 3.63) is 40.9 Å². The molecule has 0 radical (unpaired) electrons. The van der Waals surface area contributed by atoms with Crippen LogP contribution >= 0.6 is 15.9 Å². The SMILES string of the molecule is O=S(=O)(NC1CC=CC1)c1cccc(Br)c1. The summed E-state index contributed by atoms with van der Waals surface area (Å²) in [6.45, 7) is 0. The average molecular weight is 302 g/mol. The molecule has 16 heavy (non-hydrogen) atoms. The molecule has 0 fully saturated rings. The molecule has 3 nitrogen and oxygen atoms in total. The van der Waals surface area contributed by atoms with Crippen LogP contribution < -0.4 is 4.72 Å². The van der Waals surface area contributed by atoms with Crippen LogP contribution in [0.15, 0.2) is 45.8 Å². The Morgan fingerprint density at radius 3 is 2.56 bits per heavy atom. The van der Waals surface area contributed by atoms with Gasteiger partial charge in [0.25, 0.3) is 0 Å². The highest BCUT2D eigenvalue weighted by atomic mass is 79.9. The minimum absolute atomic E-state index is 0.00369. The molecule has 1 aliphatic rings. The first-order valence-electron chi connectivity index (χ1n) is 5.01. The van der Waals surface area contributed by atoms with Gasteiger partial charge in [0.05, 0.1) is 4.90 Å². The summed E-state index contributed by atoms with van der Waals surface area (Å²) in [5, 5.41) is 0. The van der Waals surface area contributed by atoms with Crippen molar-refractivity contribution in [1.29, 1.82) is 0 Å². The van der Waals surface area contributed by atoms with Gasteiger partial charge in [0.15, 0.2) is 0 Å². The maximum atomic E-state index is 12.0. The summed E-state index contributed by atoms with van der Waals surface area (Å²) < 4.78 is 27.4. The molecule has 5 heteroatoms. The van der Waals surface area contributed by atoms with Crippen LogP contribution in [0.25, 0.3) is 0 Å². The van der Waals surface area contributed by atoms with Crippen molar-refractivity contribution in [1.82, 2.24) is 4.72 Å². The van der Waals surface area contributed by atoms with Gasteiger partial charge >= 0.3 is 0 Å². The maximum absolute atomic E-state index is 12.0. The van der Waals surface area contributed by atoms with E-state index in [4.69, 9.17) is 0 Å². The molecule has 0 aromatic heterocycles. The van der Waals surface area contributed by atoms with Gasteiger partial charge < -0.3 is 0 Å². The summed E-state index contributed by atoms with van der Waals surface area (Å²) in [5.41, 5.74) is 0. The van der Waals surface area contributed by atoms with E-state index in [1.165, 1.54) is 0 Å². The second-order valence-electron chi connectivity index (χ2n) is 3.72. The molecule has 1 N–H and O–H groups in total. The van der Waals surface area contributed by atoms with Gasteiger partial charge in [-0.2, -0.15) is 0 Å². The zero-order valence-corrected chi connectivity index (χ0v) is 11.0. The molecule has 0 unspecified atom stereocenters. The summed E-state index contributed by atoms with van der Waals surface area (Å²) >= 11 is 3.26. The number of nitrogens with one attached hydrogen (secondary N) is 1. The Hall–Kier alpha value is -0.650. The first-order valence-corrected chi connectivity index (χ1v) is 7.28. The Bertz CT molecular complexity index is 502. The van der Waals surface area contributed by atoms with Gasteiger partial charge in [-0.1, -0.05) is 34.1 Å². The molecule has 1 aromatic carbocycles. The van der Waals surface area contributed by atoms with Gasteiger partial charge in [0, 0.05) is 10.5 Å². The number of halogens is 1. The van der Waals surface area contributed by atoms with Crippen molar-refractivity contribution >= 4 is 26.0 Å².